The fourth-order valence-electron chi connectivity index (χ4n) is 2.35. The zero-order valence-corrected chi connectivity index (χ0v) is 14.2. The van der Waals surface area contributed by atoms with E-state index in [2.05, 4.69) is 10.6 Å². The number of anilines is 2. The number of benzene rings is 2. The van der Waals surface area contributed by atoms with Gasteiger partial charge >= 0.3 is 0 Å². The van der Waals surface area contributed by atoms with Crippen molar-refractivity contribution in [2.75, 3.05) is 10.6 Å². The number of furan rings is 1. The molecule has 0 radical (unpaired) electrons. The number of amides is 2. The van der Waals surface area contributed by atoms with Crippen LogP contribution in [0.3, 0.4) is 0 Å². The molecule has 0 spiro atoms. The molecule has 0 aliphatic carbocycles. The van der Waals surface area contributed by atoms with Crippen molar-refractivity contribution in [2.24, 2.45) is 0 Å². The number of ether oxygens (including phenoxy) is 1. The standard InChI is InChI=1S/C20H18N2O4/c1-14(23)21-16-7-9-17(10-8-16)22-20(24)19-15(11-12-25-19)13-26-18-5-3-2-4-6-18/h2-12H,13H2,1H3,(H,21,23)(H,22,24). The predicted octanol–water partition coefficient (Wildman–Crippen LogP) is 4.07. The first kappa shape index (κ1) is 17.3. The van der Waals surface area contributed by atoms with Crippen LogP contribution in [0.2, 0.25) is 0 Å². The summed E-state index contributed by atoms with van der Waals surface area (Å²) in [4.78, 5) is 23.5. The summed E-state index contributed by atoms with van der Waals surface area (Å²) < 4.78 is 11.0. The Morgan fingerprint density at radius 1 is 0.923 bits per heavy atom. The van der Waals surface area contributed by atoms with Crippen molar-refractivity contribution in [1.29, 1.82) is 0 Å². The van der Waals surface area contributed by atoms with Crippen LogP contribution in [0.15, 0.2) is 71.3 Å². The van der Waals surface area contributed by atoms with Crippen molar-refractivity contribution in [1.82, 2.24) is 0 Å². The second-order valence-electron chi connectivity index (χ2n) is 5.59. The number of carbonyl (C=O) groups excluding carboxylic acids is 2. The average Bonchev–Trinajstić information content (AvgIpc) is 3.11. The van der Waals surface area contributed by atoms with E-state index in [1.807, 2.05) is 30.3 Å². The van der Waals surface area contributed by atoms with E-state index in [9.17, 15) is 9.59 Å². The van der Waals surface area contributed by atoms with Crippen LogP contribution in [-0.4, -0.2) is 11.8 Å². The Morgan fingerprint density at radius 2 is 1.58 bits per heavy atom. The lowest BCUT2D eigenvalue weighted by Crippen LogP contribution is -2.14. The van der Waals surface area contributed by atoms with E-state index in [-0.39, 0.29) is 24.2 Å². The highest BCUT2D eigenvalue weighted by atomic mass is 16.5. The predicted molar refractivity (Wildman–Crippen MR) is 98.2 cm³/mol. The molecular formula is C20H18N2O4. The van der Waals surface area contributed by atoms with Gasteiger partial charge in [0.05, 0.1) is 6.26 Å². The molecule has 0 fully saturated rings. The van der Waals surface area contributed by atoms with E-state index in [0.29, 0.717) is 22.7 Å². The van der Waals surface area contributed by atoms with Gasteiger partial charge in [0.2, 0.25) is 5.91 Å². The SMILES string of the molecule is CC(=O)Nc1ccc(NC(=O)c2occc2COc2ccccc2)cc1. The second kappa shape index (κ2) is 8.02. The van der Waals surface area contributed by atoms with Gasteiger partial charge in [-0.25, -0.2) is 0 Å². The number of rotatable bonds is 6. The molecule has 0 aliphatic rings. The lowest BCUT2D eigenvalue weighted by Gasteiger charge is -2.08. The van der Waals surface area contributed by atoms with Crippen molar-refractivity contribution in [3.8, 4) is 5.75 Å². The van der Waals surface area contributed by atoms with Gasteiger partial charge < -0.3 is 19.8 Å². The molecular weight excluding hydrogens is 332 g/mol. The summed E-state index contributed by atoms with van der Waals surface area (Å²) >= 11 is 0. The number of carbonyl (C=O) groups is 2. The Bertz CT molecular complexity index is 886. The minimum absolute atomic E-state index is 0.152. The molecule has 0 bridgehead atoms. The zero-order valence-electron chi connectivity index (χ0n) is 14.2. The maximum Gasteiger partial charge on any atom is 0.291 e. The molecule has 0 unspecified atom stereocenters. The molecule has 0 aliphatic heterocycles. The highest BCUT2D eigenvalue weighted by molar-refractivity contribution is 6.03. The normalized spacial score (nSPS) is 10.2. The lowest BCUT2D eigenvalue weighted by atomic mass is 10.2. The highest BCUT2D eigenvalue weighted by Crippen LogP contribution is 2.18. The molecule has 0 atom stereocenters. The number of nitrogens with one attached hydrogen (secondary N) is 2. The van der Waals surface area contributed by atoms with Gasteiger partial charge in [0.25, 0.3) is 5.91 Å². The lowest BCUT2D eigenvalue weighted by molar-refractivity contribution is -0.114. The van der Waals surface area contributed by atoms with E-state index in [1.54, 1.807) is 30.3 Å². The van der Waals surface area contributed by atoms with E-state index in [4.69, 9.17) is 9.15 Å². The first-order valence-corrected chi connectivity index (χ1v) is 8.05. The summed E-state index contributed by atoms with van der Waals surface area (Å²) in [5.74, 6) is 0.398. The van der Waals surface area contributed by atoms with Crippen LogP contribution in [0.25, 0.3) is 0 Å². The molecule has 2 N–H and O–H groups in total. The number of hydrogen-bond acceptors (Lipinski definition) is 4. The topological polar surface area (TPSA) is 80.6 Å². The third-order valence-corrected chi connectivity index (χ3v) is 3.55. The van der Waals surface area contributed by atoms with Gasteiger partial charge in [-0.1, -0.05) is 18.2 Å². The maximum atomic E-state index is 12.4. The Hall–Kier alpha value is -3.54. The van der Waals surface area contributed by atoms with E-state index < -0.39 is 0 Å². The van der Waals surface area contributed by atoms with Crippen LogP contribution < -0.4 is 15.4 Å². The van der Waals surface area contributed by atoms with Gasteiger partial charge in [0.1, 0.15) is 12.4 Å². The van der Waals surface area contributed by atoms with Gasteiger partial charge in [-0.05, 0) is 42.5 Å². The first-order valence-electron chi connectivity index (χ1n) is 8.05. The van der Waals surface area contributed by atoms with Crippen LogP contribution in [0.4, 0.5) is 11.4 Å². The number of para-hydroxylation sites is 1. The van der Waals surface area contributed by atoms with Crippen LogP contribution in [0.5, 0.6) is 5.75 Å². The molecule has 1 heterocycles. The fraction of sp³-hybridized carbons (Fsp3) is 0.100. The summed E-state index contributed by atoms with van der Waals surface area (Å²) in [6, 6.07) is 17.9. The molecule has 0 saturated carbocycles. The summed E-state index contributed by atoms with van der Waals surface area (Å²) in [6.45, 7) is 1.66. The quantitative estimate of drug-likeness (QED) is 0.702. The van der Waals surface area contributed by atoms with Crippen molar-refractivity contribution < 1.29 is 18.7 Å². The first-order chi connectivity index (χ1) is 12.6. The van der Waals surface area contributed by atoms with Crippen LogP contribution in [-0.2, 0) is 11.4 Å². The molecule has 2 aromatic carbocycles. The molecule has 132 valence electrons. The Morgan fingerprint density at radius 3 is 2.23 bits per heavy atom. The second-order valence-corrected chi connectivity index (χ2v) is 5.59. The van der Waals surface area contributed by atoms with Crippen molar-refractivity contribution in [3.05, 3.63) is 78.3 Å². The minimum Gasteiger partial charge on any atom is -0.489 e. The van der Waals surface area contributed by atoms with Crippen LogP contribution in [0.1, 0.15) is 23.0 Å². The van der Waals surface area contributed by atoms with Crippen molar-refractivity contribution >= 4 is 23.2 Å². The molecule has 26 heavy (non-hydrogen) atoms. The Kier molecular flexibility index (Phi) is 5.34. The summed E-state index contributed by atoms with van der Waals surface area (Å²) in [6.07, 6.45) is 1.46. The van der Waals surface area contributed by atoms with E-state index in [0.717, 1.165) is 0 Å². The van der Waals surface area contributed by atoms with Gasteiger partial charge in [-0.3, -0.25) is 9.59 Å². The van der Waals surface area contributed by atoms with Crippen LogP contribution >= 0.6 is 0 Å². The van der Waals surface area contributed by atoms with Gasteiger partial charge in [0.15, 0.2) is 5.76 Å². The minimum atomic E-state index is -0.367. The molecule has 2 amide bonds. The smallest absolute Gasteiger partial charge is 0.291 e. The summed E-state index contributed by atoms with van der Waals surface area (Å²) in [5, 5.41) is 5.43. The maximum absolute atomic E-state index is 12.4. The largest absolute Gasteiger partial charge is 0.489 e. The van der Waals surface area contributed by atoms with Crippen molar-refractivity contribution in [2.45, 2.75) is 13.5 Å². The van der Waals surface area contributed by atoms with Gasteiger partial charge in [-0.2, -0.15) is 0 Å². The van der Waals surface area contributed by atoms with Crippen molar-refractivity contribution in [3.63, 3.8) is 0 Å². The Balaban J connectivity index is 1.63. The van der Waals surface area contributed by atoms with E-state index >= 15 is 0 Å². The monoisotopic (exact) mass is 350 g/mol. The highest BCUT2D eigenvalue weighted by Gasteiger charge is 2.16. The molecule has 3 aromatic rings. The summed E-state index contributed by atoms with van der Waals surface area (Å²) in [5.41, 5.74) is 1.90. The van der Waals surface area contributed by atoms with Crippen LogP contribution in [0, 0.1) is 0 Å². The summed E-state index contributed by atoms with van der Waals surface area (Å²) in [7, 11) is 0. The Labute approximate surface area is 150 Å². The molecule has 6 heteroatoms. The number of hydrogen-bond donors (Lipinski definition) is 2. The molecule has 6 nitrogen and oxygen atoms in total. The third kappa shape index (κ3) is 4.51. The van der Waals surface area contributed by atoms with Gasteiger partial charge in [-0.15, -0.1) is 0 Å². The third-order valence-electron chi connectivity index (χ3n) is 3.55. The van der Waals surface area contributed by atoms with Gasteiger partial charge in [0, 0.05) is 23.9 Å². The molecule has 0 saturated heterocycles. The zero-order chi connectivity index (χ0) is 18.4. The average molecular weight is 350 g/mol. The fourth-order valence-corrected chi connectivity index (χ4v) is 2.35. The molecule has 1 aromatic heterocycles. The van der Waals surface area contributed by atoms with E-state index in [1.165, 1.54) is 13.2 Å². The molecule has 3 rings (SSSR count).